The fourth-order valence-electron chi connectivity index (χ4n) is 3.26. The third-order valence-corrected chi connectivity index (χ3v) is 8.73. The number of aromatic nitrogens is 1. The van der Waals surface area contributed by atoms with Gasteiger partial charge in [0.15, 0.2) is 0 Å². The van der Waals surface area contributed by atoms with Gasteiger partial charge in [0.2, 0.25) is 15.9 Å². The number of benzene rings is 1. The molecular formula is C21H20FN3O3S3. The van der Waals surface area contributed by atoms with Crippen molar-refractivity contribution in [2.24, 2.45) is 0 Å². The molecule has 1 N–H and O–H groups in total. The molecule has 0 aliphatic carbocycles. The topological polar surface area (TPSA) is 79.4 Å². The molecule has 1 amide bonds. The Morgan fingerprint density at radius 3 is 2.58 bits per heavy atom. The summed E-state index contributed by atoms with van der Waals surface area (Å²) in [6.07, 6.45) is 4.28. The summed E-state index contributed by atoms with van der Waals surface area (Å²) in [5.74, 6) is -0.426. The minimum absolute atomic E-state index is 0.129. The number of sulfonamides is 1. The summed E-state index contributed by atoms with van der Waals surface area (Å²) in [7, 11) is -3.50. The summed E-state index contributed by atoms with van der Waals surface area (Å²) in [5.41, 5.74) is 1.49. The number of hydrogen-bond donors (Lipinski definition) is 1. The number of carbonyl (C=O) groups excluding carboxylic acids is 1. The number of piperidine rings is 1. The molecule has 3 aromatic rings. The van der Waals surface area contributed by atoms with E-state index in [9.17, 15) is 17.6 Å². The van der Waals surface area contributed by atoms with Gasteiger partial charge in [-0.1, -0.05) is 6.07 Å². The number of thiophene rings is 1. The number of nitrogens with one attached hydrogen (secondary N) is 1. The highest BCUT2D eigenvalue weighted by Crippen LogP contribution is 2.24. The lowest BCUT2D eigenvalue weighted by molar-refractivity contribution is -0.126. The van der Waals surface area contributed by atoms with Crippen LogP contribution in [-0.4, -0.2) is 43.3 Å². The molecule has 0 spiro atoms. The van der Waals surface area contributed by atoms with Crippen LogP contribution in [0.4, 0.5) is 4.39 Å². The molecule has 4 rings (SSSR count). The highest BCUT2D eigenvalue weighted by Gasteiger charge is 2.26. The van der Waals surface area contributed by atoms with Crippen molar-refractivity contribution in [3.63, 3.8) is 0 Å². The number of nitrogens with zero attached hydrogens (tertiary/aromatic N) is 2. The van der Waals surface area contributed by atoms with Crippen molar-refractivity contribution in [2.45, 2.75) is 23.1 Å². The van der Waals surface area contributed by atoms with Crippen LogP contribution in [0.3, 0.4) is 0 Å². The lowest BCUT2D eigenvalue weighted by atomic mass is 10.1. The summed E-state index contributed by atoms with van der Waals surface area (Å²) in [4.78, 5) is 18.7. The molecule has 0 radical (unpaired) electrons. The second-order valence-electron chi connectivity index (χ2n) is 7.07. The average molecular weight is 478 g/mol. The van der Waals surface area contributed by atoms with E-state index in [1.807, 2.05) is 5.38 Å². The van der Waals surface area contributed by atoms with Crippen LogP contribution in [-0.2, 0) is 14.8 Å². The smallest absolute Gasteiger partial charge is 0.250 e. The van der Waals surface area contributed by atoms with Crippen LogP contribution >= 0.6 is 22.7 Å². The average Bonchev–Trinajstić information content (AvgIpc) is 3.46. The van der Waals surface area contributed by atoms with Gasteiger partial charge in [-0.25, -0.2) is 22.5 Å². The number of amides is 1. The summed E-state index contributed by atoms with van der Waals surface area (Å²) >= 11 is 2.61. The molecule has 0 atom stereocenters. The second kappa shape index (κ2) is 9.39. The van der Waals surface area contributed by atoms with Crippen LogP contribution < -0.4 is 4.72 Å². The number of likely N-dealkylation sites (tertiary alicyclic amines) is 1. The van der Waals surface area contributed by atoms with Crippen molar-refractivity contribution in [3.05, 3.63) is 64.7 Å². The quantitative estimate of drug-likeness (QED) is 0.545. The summed E-state index contributed by atoms with van der Waals surface area (Å²) < 4.78 is 40.8. The van der Waals surface area contributed by atoms with Gasteiger partial charge in [-0.3, -0.25) is 4.79 Å². The van der Waals surface area contributed by atoms with Gasteiger partial charge in [0, 0.05) is 36.2 Å². The van der Waals surface area contributed by atoms with Crippen molar-refractivity contribution < 1.29 is 17.6 Å². The fraction of sp³-hybridized carbons (Fsp3) is 0.238. The molecule has 1 aromatic carbocycles. The van der Waals surface area contributed by atoms with E-state index in [-0.39, 0.29) is 17.8 Å². The Morgan fingerprint density at radius 2 is 1.90 bits per heavy atom. The van der Waals surface area contributed by atoms with Crippen molar-refractivity contribution in [1.29, 1.82) is 0 Å². The van der Waals surface area contributed by atoms with E-state index in [4.69, 9.17) is 0 Å². The molecule has 0 bridgehead atoms. The standard InChI is InChI=1S/C21H20FN3O3S3/c22-16-5-3-15(4-6-16)21-23-18(14-30-21)7-8-19(26)25-11-9-17(10-12-25)24-31(27,28)20-2-1-13-29-20/h1-8,13-14,17,24H,9-12H2/b8-7+. The summed E-state index contributed by atoms with van der Waals surface area (Å²) in [6.45, 7) is 0.970. The first-order valence-corrected chi connectivity index (χ1v) is 12.9. The number of carbonyl (C=O) groups is 1. The van der Waals surface area contributed by atoms with Crippen LogP contribution in [0, 0.1) is 5.82 Å². The number of halogens is 1. The predicted molar refractivity (Wildman–Crippen MR) is 121 cm³/mol. The Bertz CT molecular complexity index is 1160. The van der Waals surface area contributed by atoms with Crippen LogP contribution in [0.2, 0.25) is 0 Å². The molecule has 2 aromatic heterocycles. The Kier molecular flexibility index (Phi) is 6.61. The molecular weight excluding hydrogens is 457 g/mol. The van der Waals surface area contributed by atoms with Crippen molar-refractivity contribution in [2.75, 3.05) is 13.1 Å². The van der Waals surface area contributed by atoms with Crippen LogP contribution in [0.5, 0.6) is 0 Å². The van der Waals surface area contributed by atoms with Crippen molar-refractivity contribution in [1.82, 2.24) is 14.6 Å². The van der Waals surface area contributed by atoms with E-state index in [2.05, 4.69) is 9.71 Å². The van der Waals surface area contributed by atoms with Gasteiger partial charge in [0.05, 0.1) is 5.69 Å². The third kappa shape index (κ3) is 5.45. The normalized spacial score (nSPS) is 15.6. The molecule has 10 heteroatoms. The van der Waals surface area contributed by atoms with E-state index in [1.165, 1.54) is 40.9 Å². The van der Waals surface area contributed by atoms with Crippen molar-refractivity contribution >= 4 is 44.7 Å². The van der Waals surface area contributed by atoms with Crippen LogP contribution in [0.15, 0.2) is 57.4 Å². The Labute approximate surface area is 188 Å². The molecule has 1 saturated heterocycles. The van der Waals surface area contributed by atoms with Gasteiger partial charge in [-0.05, 0) is 54.6 Å². The molecule has 1 fully saturated rings. The lowest BCUT2D eigenvalue weighted by Crippen LogP contribution is -2.46. The lowest BCUT2D eigenvalue weighted by Gasteiger charge is -2.31. The Balaban J connectivity index is 1.30. The molecule has 0 saturated carbocycles. The largest absolute Gasteiger partial charge is 0.339 e. The molecule has 1 aliphatic rings. The molecule has 162 valence electrons. The third-order valence-electron chi connectivity index (χ3n) is 4.90. The maximum absolute atomic E-state index is 13.1. The highest BCUT2D eigenvalue weighted by atomic mass is 32.2. The maximum Gasteiger partial charge on any atom is 0.250 e. The van der Waals surface area contributed by atoms with Crippen LogP contribution in [0.1, 0.15) is 18.5 Å². The molecule has 6 nitrogen and oxygen atoms in total. The van der Waals surface area contributed by atoms with Gasteiger partial charge in [-0.15, -0.1) is 22.7 Å². The van der Waals surface area contributed by atoms with Gasteiger partial charge >= 0.3 is 0 Å². The maximum atomic E-state index is 13.1. The van der Waals surface area contributed by atoms with Crippen LogP contribution in [0.25, 0.3) is 16.6 Å². The van der Waals surface area contributed by atoms with E-state index in [0.717, 1.165) is 10.6 Å². The molecule has 1 aliphatic heterocycles. The fourth-order valence-corrected chi connectivity index (χ4v) is 6.37. The molecule has 31 heavy (non-hydrogen) atoms. The van der Waals surface area contributed by atoms with Gasteiger partial charge in [0.25, 0.3) is 0 Å². The van der Waals surface area contributed by atoms with Gasteiger partial charge < -0.3 is 4.90 Å². The SMILES string of the molecule is O=C(/C=C/c1csc(-c2ccc(F)cc2)n1)N1CCC(NS(=O)(=O)c2cccs2)CC1. The minimum atomic E-state index is -3.50. The van der Waals surface area contributed by atoms with E-state index < -0.39 is 10.0 Å². The van der Waals surface area contributed by atoms with Crippen molar-refractivity contribution in [3.8, 4) is 10.6 Å². The Hall–Kier alpha value is -2.40. The summed E-state index contributed by atoms with van der Waals surface area (Å²) in [6, 6.07) is 9.22. The zero-order valence-electron chi connectivity index (χ0n) is 16.4. The first-order valence-electron chi connectivity index (χ1n) is 9.65. The first-order chi connectivity index (χ1) is 14.9. The zero-order chi connectivity index (χ0) is 21.8. The van der Waals surface area contributed by atoms with Gasteiger partial charge in [0.1, 0.15) is 15.0 Å². The number of thiazole rings is 1. The first kappa shape index (κ1) is 21.8. The second-order valence-corrected chi connectivity index (χ2v) is 10.8. The van der Waals surface area contributed by atoms with E-state index >= 15 is 0 Å². The highest BCUT2D eigenvalue weighted by molar-refractivity contribution is 7.91. The number of rotatable bonds is 6. The molecule has 3 heterocycles. The molecule has 0 unspecified atom stereocenters. The van der Waals surface area contributed by atoms with E-state index in [1.54, 1.807) is 40.6 Å². The monoisotopic (exact) mass is 477 g/mol. The minimum Gasteiger partial charge on any atom is -0.339 e. The Morgan fingerprint density at radius 1 is 1.16 bits per heavy atom. The number of hydrogen-bond acceptors (Lipinski definition) is 6. The van der Waals surface area contributed by atoms with Gasteiger partial charge in [-0.2, -0.15) is 0 Å². The summed E-state index contributed by atoms with van der Waals surface area (Å²) in [5, 5.41) is 4.33. The van der Waals surface area contributed by atoms with E-state index in [0.29, 0.717) is 35.8 Å². The zero-order valence-corrected chi connectivity index (χ0v) is 18.9. The predicted octanol–water partition coefficient (Wildman–Crippen LogP) is 3.99.